The summed E-state index contributed by atoms with van der Waals surface area (Å²) in [5.74, 6) is -0.411. The second-order valence-corrected chi connectivity index (χ2v) is 4.63. The summed E-state index contributed by atoms with van der Waals surface area (Å²) in [5, 5.41) is 0. The van der Waals surface area contributed by atoms with E-state index in [9.17, 15) is 8.78 Å². The first-order chi connectivity index (χ1) is 9.60. The van der Waals surface area contributed by atoms with Crippen molar-refractivity contribution >= 4 is 23.3 Å². The Balaban J connectivity index is 2.33. The van der Waals surface area contributed by atoms with Crippen molar-refractivity contribution in [3.8, 4) is 11.4 Å². The summed E-state index contributed by atoms with van der Waals surface area (Å²) >= 11 is 5.19. The highest BCUT2D eigenvalue weighted by molar-refractivity contribution is 7.71. The van der Waals surface area contributed by atoms with E-state index in [1.165, 1.54) is 4.57 Å². The number of ether oxygens (including phenoxy) is 1. The molecule has 102 valence electrons. The summed E-state index contributed by atoms with van der Waals surface area (Å²) in [6, 6.07) is 8.49. The minimum atomic E-state index is -0.542. The maximum atomic E-state index is 13.9. The number of nitrogens with one attached hydrogen (secondary N) is 1. The molecule has 2 aromatic carbocycles. The molecule has 0 amide bonds. The predicted octanol–water partition coefficient (Wildman–Crippen LogP) is 3.97. The third kappa shape index (κ3) is 1.98. The Morgan fingerprint density at radius 1 is 1.15 bits per heavy atom. The fourth-order valence-electron chi connectivity index (χ4n) is 2.11. The lowest BCUT2D eigenvalue weighted by molar-refractivity contribution is 0.415. The molecule has 0 atom stereocenters. The van der Waals surface area contributed by atoms with Gasteiger partial charge in [-0.2, -0.15) is 0 Å². The Morgan fingerprint density at radius 2 is 1.95 bits per heavy atom. The van der Waals surface area contributed by atoms with Gasteiger partial charge in [-0.05, 0) is 36.5 Å². The second-order valence-electron chi connectivity index (χ2n) is 4.24. The predicted molar refractivity (Wildman–Crippen MR) is 74.9 cm³/mol. The van der Waals surface area contributed by atoms with E-state index in [1.807, 2.05) is 0 Å². The van der Waals surface area contributed by atoms with Gasteiger partial charge in [0.25, 0.3) is 0 Å². The minimum Gasteiger partial charge on any atom is -0.497 e. The number of aromatic amines is 1. The molecule has 1 heterocycles. The summed E-state index contributed by atoms with van der Waals surface area (Å²) in [6.45, 7) is 0. The van der Waals surface area contributed by atoms with Crippen molar-refractivity contribution in [3.63, 3.8) is 0 Å². The smallest absolute Gasteiger partial charge is 0.182 e. The van der Waals surface area contributed by atoms with Crippen molar-refractivity contribution in [2.24, 2.45) is 0 Å². The van der Waals surface area contributed by atoms with Gasteiger partial charge >= 0.3 is 0 Å². The number of methoxy groups -OCH3 is 1. The van der Waals surface area contributed by atoms with Crippen molar-refractivity contribution in [3.05, 3.63) is 52.8 Å². The van der Waals surface area contributed by atoms with Crippen LogP contribution < -0.4 is 4.74 Å². The van der Waals surface area contributed by atoms with Gasteiger partial charge in [-0.25, -0.2) is 8.78 Å². The van der Waals surface area contributed by atoms with Crippen LogP contribution in [0.2, 0.25) is 0 Å². The zero-order valence-electron chi connectivity index (χ0n) is 10.5. The third-order valence-electron chi connectivity index (χ3n) is 3.04. The molecule has 1 aromatic heterocycles. The fraction of sp³-hybridized carbons (Fsp3) is 0.0714. The molecule has 0 radical (unpaired) electrons. The van der Waals surface area contributed by atoms with Crippen LogP contribution in [0, 0.1) is 16.4 Å². The molecule has 0 saturated heterocycles. The normalized spacial score (nSPS) is 10.9. The van der Waals surface area contributed by atoms with Gasteiger partial charge in [0.15, 0.2) is 4.77 Å². The first-order valence-corrected chi connectivity index (χ1v) is 6.25. The molecule has 0 aliphatic heterocycles. The second kappa shape index (κ2) is 4.72. The molecular formula is C14H10F2N2OS. The number of nitrogens with zero attached hydrogens (tertiary/aromatic N) is 1. The Labute approximate surface area is 118 Å². The highest BCUT2D eigenvalue weighted by Crippen LogP contribution is 2.25. The molecular weight excluding hydrogens is 282 g/mol. The molecule has 0 unspecified atom stereocenters. The van der Waals surface area contributed by atoms with E-state index in [1.54, 1.807) is 25.3 Å². The molecule has 0 bridgehead atoms. The molecule has 0 aliphatic carbocycles. The molecule has 1 N–H and O–H groups in total. The molecule has 0 saturated carbocycles. The zero-order chi connectivity index (χ0) is 14.3. The maximum absolute atomic E-state index is 13.9. The molecule has 6 heteroatoms. The number of H-pyrrole nitrogens is 1. The average molecular weight is 292 g/mol. The maximum Gasteiger partial charge on any atom is 0.182 e. The van der Waals surface area contributed by atoms with Crippen molar-refractivity contribution in [2.45, 2.75) is 0 Å². The number of fused-ring (bicyclic) bond motifs is 1. The van der Waals surface area contributed by atoms with Gasteiger partial charge in [0.1, 0.15) is 17.4 Å². The molecule has 3 rings (SSSR count). The van der Waals surface area contributed by atoms with E-state index >= 15 is 0 Å². The first kappa shape index (κ1) is 12.8. The lowest BCUT2D eigenvalue weighted by atomic mass is 10.2. The lowest BCUT2D eigenvalue weighted by Gasteiger charge is -2.06. The summed E-state index contributed by atoms with van der Waals surface area (Å²) in [4.78, 5) is 2.96. The number of halogens is 2. The van der Waals surface area contributed by atoms with Crippen molar-refractivity contribution in [1.29, 1.82) is 0 Å². The molecule has 20 heavy (non-hydrogen) atoms. The van der Waals surface area contributed by atoms with Crippen LogP contribution in [0.3, 0.4) is 0 Å². The Morgan fingerprint density at radius 3 is 2.70 bits per heavy atom. The summed E-state index contributed by atoms with van der Waals surface area (Å²) < 4.78 is 34.1. The van der Waals surface area contributed by atoms with Gasteiger partial charge in [-0.3, -0.25) is 4.57 Å². The van der Waals surface area contributed by atoms with Gasteiger partial charge in [0.2, 0.25) is 0 Å². The average Bonchev–Trinajstić information content (AvgIpc) is 2.76. The fourth-order valence-corrected chi connectivity index (χ4v) is 2.42. The van der Waals surface area contributed by atoms with Crippen LogP contribution in [0.25, 0.3) is 16.7 Å². The quantitative estimate of drug-likeness (QED) is 0.724. The molecule has 0 aliphatic rings. The van der Waals surface area contributed by atoms with Crippen LogP contribution >= 0.6 is 12.2 Å². The van der Waals surface area contributed by atoms with Crippen LogP contribution in [-0.2, 0) is 0 Å². The SMILES string of the molecule is COc1ccc2c(c1)[nH]c(=S)n2-c1cc(F)ccc1F. The van der Waals surface area contributed by atoms with Crippen LogP contribution in [0.5, 0.6) is 5.75 Å². The molecule has 3 aromatic rings. The van der Waals surface area contributed by atoms with Crippen LogP contribution in [-0.4, -0.2) is 16.7 Å². The summed E-state index contributed by atoms with van der Waals surface area (Å²) in [5.41, 5.74) is 1.42. The summed E-state index contributed by atoms with van der Waals surface area (Å²) in [7, 11) is 1.55. The lowest BCUT2D eigenvalue weighted by Crippen LogP contribution is -1.98. The monoisotopic (exact) mass is 292 g/mol. The van der Waals surface area contributed by atoms with E-state index in [4.69, 9.17) is 17.0 Å². The van der Waals surface area contributed by atoms with E-state index in [0.29, 0.717) is 16.8 Å². The van der Waals surface area contributed by atoms with Crippen molar-refractivity contribution in [2.75, 3.05) is 7.11 Å². The van der Waals surface area contributed by atoms with Crippen LogP contribution in [0.1, 0.15) is 0 Å². The number of benzene rings is 2. The van der Waals surface area contributed by atoms with Gasteiger partial charge in [0, 0.05) is 12.1 Å². The van der Waals surface area contributed by atoms with E-state index in [0.717, 1.165) is 18.2 Å². The van der Waals surface area contributed by atoms with Crippen molar-refractivity contribution in [1.82, 2.24) is 9.55 Å². The largest absolute Gasteiger partial charge is 0.497 e. The van der Waals surface area contributed by atoms with Crippen LogP contribution in [0.4, 0.5) is 8.78 Å². The molecule has 3 nitrogen and oxygen atoms in total. The number of imidazole rings is 1. The Bertz CT molecular complexity index is 854. The van der Waals surface area contributed by atoms with Crippen molar-refractivity contribution < 1.29 is 13.5 Å². The molecule has 0 spiro atoms. The van der Waals surface area contributed by atoms with E-state index in [-0.39, 0.29) is 10.5 Å². The van der Waals surface area contributed by atoms with E-state index < -0.39 is 11.6 Å². The number of hydrogen-bond acceptors (Lipinski definition) is 2. The van der Waals surface area contributed by atoms with Gasteiger partial charge in [-0.1, -0.05) is 0 Å². The highest BCUT2D eigenvalue weighted by atomic mass is 32.1. The standard InChI is InChI=1S/C14H10F2N2OS/c1-19-9-3-5-12-11(7-9)17-14(20)18(12)13-6-8(15)2-4-10(13)16/h2-7H,1H3,(H,17,20). The number of aromatic nitrogens is 2. The third-order valence-corrected chi connectivity index (χ3v) is 3.32. The first-order valence-electron chi connectivity index (χ1n) is 5.84. The summed E-state index contributed by atoms with van der Waals surface area (Å²) in [6.07, 6.45) is 0. The zero-order valence-corrected chi connectivity index (χ0v) is 11.3. The van der Waals surface area contributed by atoms with Gasteiger partial charge in [0.05, 0.1) is 23.8 Å². The van der Waals surface area contributed by atoms with E-state index in [2.05, 4.69) is 4.98 Å². The molecule has 0 fully saturated rings. The number of rotatable bonds is 2. The Hall–Kier alpha value is -2.21. The number of hydrogen-bond donors (Lipinski definition) is 1. The van der Waals surface area contributed by atoms with Gasteiger partial charge in [-0.15, -0.1) is 0 Å². The minimum absolute atomic E-state index is 0.0754. The van der Waals surface area contributed by atoms with Gasteiger partial charge < -0.3 is 9.72 Å². The highest BCUT2D eigenvalue weighted by Gasteiger charge is 2.12. The van der Waals surface area contributed by atoms with Crippen LogP contribution in [0.15, 0.2) is 36.4 Å². The topological polar surface area (TPSA) is 29.9 Å². The Kier molecular flexibility index (Phi) is 3.02.